The molecule has 3 rings (SSSR count). The molecule has 0 aromatic heterocycles. The van der Waals surface area contributed by atoms with Crippen molar-refractivity contribution in [2.24, 2.45) is 5.73 Å². The van der Waals surface area contributed by atoms with Crippen LogP contribution in [0.25, 0.3) is 0 Å². The lowest BCUT2D eigenvalue weighted by Gasteiger charge is -2.15. The van der Waals surface area contributed by atoms with Gasteiger partial charge < -0.3 is 5.73 Å². The highest BCUT2D eigenvalue weighted by Gasteiger charge is 2.19. The van der Waals surface area contributed by atoms with Gasteiger partial charge in [-0.25, -0.2) is 0 Å². The van der Waals surface area contributed by atoms with Gasteiger partial charge >= 0.3 is 0 Å². The highest BCUT2D eigenvalue weighted by Crippen LogP contribution is 2.23. The van der Waals surface area contributed by atoms with Crippen LogP contribution in [0.15, 0.2) is 18.2 Å². The van der Waals surface area contributed by atoms with Crippen LogP contribution < -0.4 is 5.73 Å². The lowest BCUT2D eigenvalue weighted by Crippen LogP contribution is -2.26. The summed E-state index contributed by atoms with van der Waals surface area (Å²) in [4.78, 5) is 2.47. The van der Waals surface area contributed by atoms with Gasteiger partial charge in [0.1, 0.15) is 0 Å². The molecule has 0 radical (unpaired) electrons. The number of aryl methyl sites for hydroxylation is 2. The Morgan fingerprint density at radius 3 is 2.82 bits per heavy atom. The Morgan fingerprint density at radius 1 is 1.24 bits per heavy atom. The van der Waals surface area contributed by atoms with E-state index in [2.05, 4.69) is 23.1 Å². The zero-order chi connectivity index (χ0) is 11.0. The van der Waals surface area contributed by atoms with Crippen LogP contribution in [0, 0.1) is 0 Å². The number of rotatable bonds is 2. The van der Waals surface area contributed by atoms with E-state index in [-0.39, 0.29) is 12.4 Å². The summed E-state index contributed by atoms with van der Waals surface area (Å²) < 4.78 is 0. The van der Waals surface area contributed by atoms with E-state index < -0.39 is 0 Å². The van der Waals surface area contributed by atoms with E-state index in [0.29, 0.717) is 6.04 Å². The van der Waals surface area contributed by atoms with Crippen molar-refractivity contribution in [2.75, 3.05) is 13.1 Å². The normalized spacial score (nSPS) is 23.5. The van der Waals surface area contributed by atoms with E-state index in [0.717, 1.165) is 26.1 Å². The number of hydrogen-bond donors (Lipinski definition) is 1. The van der Waals surface area contributed by atoms with Crippen LogP contribution in [-0.4, -0.2) is 24.0 Å². The first kappa shape index (κ1) is 12.9. The summed E-state index contributed by atoms with van der Waals surface area (Å²) in [5, 5.41) is 0. The third-order valence-electron chi connectivity index (χ3n) is 3.88. The number of likely N-dealkylation sites (tertiary alicyclic amines) is 1. The number of benzene rings is 1. The molecule has 1 aliphatic carbocycles. The molecule has 1 aromatic carbocycles. The van der Waals surface area contributed by atoms with Gasteiger partial charge in [0, 0.05) is 25.7 Å². The van der Waals surface area contributed by atoms with Crippen LogP contribution >= 0.6 is 12.4 Å². The quantitative estimate of drug-likeness (QED) is 0.874. The number of hydrogen-bond acceptors (Lipinski definition) is 2. The summed E-state index contributed by atoms with van der Waals surface area (Å²) >= 11 is 0. The molecule has 1 heterocycles. The number of halogens is 1. The Kier molecular flexibility index (Phi) is 4.08. The van der Waals surface area contributed by atoms with Gasteiger partial charge in [0.05, 0.1) is 0 Å². The molecule has 2 aliphatic rings. The molecule has 1 aromatic rings. The van der Waals surface area contributed by atoms with Crippen molar-refractivity contribution in [2.45, 2.75) is 38.3 Å². The fourth-order valence-corrected chi connectivity index (χ4v) is 2.99. The summed E-state index contributed by atoms with van der Waals surface area (Å²) in [7, 11) is 0. The molecule has 1 fully saturated rings. The molecule has 0 amide bonds. The van der Waals surface area contributed by atoms with Crippen molar-refractivity contribution in [3.63, 3.8) is 0 Å². The molecule has 1 atom stereocenters. The number of nitrogens with zero attached hydrogens (tertiary/aromatic N) is 1. The molecular formula is C14H21ClN2. The Bertz CT molecular complexity index is 392. The van der Waals surface area contributed by atoms with Crippen molar-refractivity contribution in [1.29, 1.82) is 0 Å². The average Bonchev–Trinajstić information content (AvgIpc) is 2.87. The minimum atomic E-state index is 0. The second-order valence-electron chi connectivity index (χ2n) is 5.24. The average molecular weight is 253 g/mol. The summed E-state index contributed by atoms with van der Waals surface area (Å²) in [6.45, 7) is 3.32. The lowest BCUT2D eigenvalue weighted by molar-refractivity contribution is 0.327. The Labute approximate surface area is 110 Å². The predicted octanol–water partition coefficient (Wildman–Crippen LogP) is 2.13. The molecule has 0 spiro atoms. The SMILES string of the molecule is Cl.N[C@H]1CCN(Cc2ccc3c(c2)CCC3)C1. The van der Waals surface area contributed by atoms with Crippen molar-refractivity contribution in [1.82, 2.24) is 4.90 Å². The molecule has 0 unspecified atom stereocenters. The molecule has 94 valence electrons. The smallest absolute Gasteiger partial charge is 0.0234 e. The molecule has 2 N–H and O–H groups in total. The largest absolute Gasteiger partial charge is 0.326 e. The van der Waals surface area contributed by atoms with Crippen LogP contribution in [0.4, 0.5) is 0 Å². The van der Waals surface area contributed by atoms with Gasteiger partial charge in [-0.05, 0) is 42.4 Å². The first-order valence-electron chi connectivity index (χ1n) is 6.40. The molecule has 17 heavy (non-hydrogen) atoms. The maximum absolute atomic E-state index is 5.93. The monoisotopic (exact) mass is 252 g/mol. The molecule has 0 saturated carbocycles. The van der Waals surface area contributed by atoms with Crippen molar-refractivity contribution in [3.8, 4) is 0 Å². The maximum Gasteiger partial charge on any atom is 0.0234 e. The fourth-order valence-electron chi connectivity index (χ4n) is 2.99. The minimum absolute atomic E-state index is 0. The van der Waals surface area contributed by atoms with Gasteiger partial charge in [-0.3, -0.25) is 4.90 Å². The molecule has 1 aliphatic heterocycles. The maximum atomic E-state index is 5.93. The molecule has 0 bridgehead atoms. The molecule has 2 nitrogen and oxygen atoms in total. The molecule has 1 saturated heterocycles. The second kappa shape index (κ2) is 5.38. The molecular weight excluding hydrogens is 232 g/mol. The predicted molar refractivity (Wildman–Crippen MR) is 73.6 cm³/mol. The van der Waals surface area contributed by atoms with Crippen molar-refractivity contribution < 1.29 is 0 Å². The zero-order valence-corrected chi connectivity index (χ0v) is 11.0. The molecule has 3 heteroatoms. The number of nitrogens with two attached hydrogens (primary N) is 1. The van der Waals surface area contributed by atoms with Crippen molar-refractivity contribution in [3.05, 3.63) is 34.9 Å². The van der Waals surface area contributed by atoms with E-state index in [4.69, 9.17) is 5.73 Å². The van der Waals surface area contributed by atoms with Gasteiger partial charge in [-0.1, -0.05) is 18.2 Å². The Morgan fingerprint density at radius 2 is 2.06 bits per heavy atom. The van der Waals surface area contributed by atoms with Crippen LogP contribution in [-0.2, 0) is 19.4 Å². The third kappa shape index (κ3) is 2.82. The summed E-state index contributed by atoms with van der Waals surface area (Å²) in [5.41, 5.74) is 10.6. The zero-order valence-electron chi connectivity index (χ0n) is 10.2. The topological polar surface area (TPSA) is 29.3 Å². The van der Waals surface area contributed by atoms with E-state index in [1.54, 1.807) is 11.1 Å². The van der Waals surface area contributed by atoms with Crippen LogP contribution in [0.3, 0.4) is 0 Å². The van der Waals surface area contributed by atoms with E-state index in [9.17, 15) is 0 Å². The van der Waals surface area contributed by atoms with E-state index in [1.807, 2.05) is 0 Å². The van der Waals surface area contributed by atoms with Crippen LogP contribution in [0.2, 0.25) is 0 Å². The van der Waals surface area contributed by atoms with E-state index in [1.165, 1.54) is 24.8 Å². The second-order valence-corrected chi connectivity index (χ2v) is 5.24. The van der Waals surface area contributed by atoms with Crippen molar-refractivity contribution >= 4 is 12.4 Å². The van der Waals surface area contributed by atoms with Gasteiger partial charge in [-0.2, -0.15) is 0 Å². The van der Waals surface area contributed by atoms with Gasteiger partial charge in [0.2, 0.25) is 0 Å². The third-order valence-corrected chi connectivity index (χ3v) is 3.88. The standard InChI is InChI=1S/C14H20N2.ClH/c15-14-6-7-16(10-14)9-11-4-5-12-2-1-3-13(12)8-11;/h4-5,8,14H,1-3,6-7,9-10,15H2;1H/t14-;/m0./s1. The first-order valence-corrected chi connectivity index (χ1v) is 6.40. The van der Waals surface area contributed by atoms with E-state index >= 15 is 0 Å². The van der Waals surface area contributed by atoms with Crippen LogP contribution in [0.1, 0.15) is 29.5 Å². The highest BCUT2D eigenvalue weighted by atomic mass is 35.5. The highest BCUT2D eigenvalue weighted by molar-refractivity contribution is 5.85. The van der Waals surface area contributed by atoms with Gasteiger partial charge in [0.15, 0.2) is 0 Å². The van der Waals surface area contributed by atoms with Crippen LogP contribution in [0.5, 0.6) is 0 Å². The summed E-state index contributed by atoms with van der Waals surface area (Å²) in [6, 6.07) is 7.43. The Hall–Kier alpha value is -0.570. The van der Waals surface area contributed by atoms with Gasteiger partial charge in [0.25, 0.3) is 0 Å². The minimum Gasteiger partial charge on any atom is -0.326 e. The van der Waals surface area contributed by atoms with Gasteiger partial charge in [-0.15, -0.1) is 12.4 Å². The fraction of sp³-hybridized carbons (Fsp3) is 0.571. The first-order chi connectivity index (χ1) is 7.81. The lowest BCUT2D eigenvalue weighted by atomic mass is 10.1. The Balaban J connectivity index is 0.00000108. The summed E-state index contributed by atoms with van der Waals surface area (Å²) in [5.74, 6) is 0. The number of fused-ring (bicyclic) bond motifs is 1. The summed E-state index contributed by atoms with van der Waals surface area (Å²) in [6.07, 6.45) is 5.06.